The first-order chi connectivity index (χ1) is 10.3. The van der Waals surface area contributed by atoms with Crippen LogP contribution in [0.2, 0.25) is 5.02 Å². The van der Waals surface area contributed by atoms with E-state index in [2.05, 4.69) is 10.1 Å². The van der Waals surface area contributed by atoms with E-state index in [1.165, 1.54) is 6.33 Å². The molecule has 0 aliphatic rings. The Bertz CT molecular complexity index is 772. The number of aromatic nitrogens is 3. The molecule has 0 saturated carbocycles. The third-order valence-corrected chi connectivity index (χ3v) is 3.03. The summed E-state index contributed by atoms with van der Waals surface area (Å²) in [5.41, 5.74) is 1.25. The number of benzene rings is 2. The molecule has 6 heteroatoms. The first kappa shape index (κ1) is 13.3. The van der Waals surface area contributed by atoms with Crippen molar-refractivity contribution >= 4 is 17.9 Å². The second kappa shape index (κ2) is 5.76. The Kier molecular flexibility index (Phi) is 3.66. The van der Waals surface area contributed by atoms with Gasteiger partial charge < -0.3 is 4.74 Å². The molecule has 0 N–H and O–H groups in total. The van der Waals surface area contributed by atoms with E-state index in [9.17, 15) is 4.79 Å². The van der Waals surface area contributed by atoms with Crippen molar-refractivity contribution in [1.29, 1.82) is 0 Å². The molecule has 1 heterocycles. The van der Waals surface area contributed by atoms with E-state index in [1.54, 1.807) is 22.9 Å². The number of hydrogen-bond acceptors (Lipinski definition) is 4. The van der Waals surface area contributed by atoms with Crippen molar-refractivity contribution in [1.82, 2.24) is 14.8 Å². The number of nitrogens with zero attached hydrogens (tertiary/aromatic N) is 3. The number of carbonyl (C=O) groups is 1. The second-order valence-corrected chi connectivity index (χ2v) is 4.65. The maximum absolute atomic E-state index is 11.0. The Hall–Kier alpha value is -2.66. The van der Waals surface area contributed by atoms with Gasteiger partial charge in [0.1, 0.15) is 12.1 Å². The van der Waals surface area contributed by atoms with Gasteiger partial charge in [0.2, 0.25) is 0 Å². The average molecular weight is 300 g/mol. The number of ether oxygens (including phenoxy) is 1. The number of rotatable bonds is 4. The van der Waals surface area contributed by atoms with Crippen molar-refractivity contribution in [2.45, 2.75) is 0 Å². The zero-order chi connectivity index (χ0) is 14.7. The Morgan fingerprint density at radius 1 is 1.14 bits per heavy atom. The lowest BCUT2D eigenvalue weighted by atomic mass is 10.2. The maximum atomic E-state index is 11.0. The molecular weight excluding hydrogens is 290 g/mol. The van der Waals surface area contributed by atoms with E-state index in [0.29, 0.717) is 22.6 Å². The molecule has 3 rings (SSSR count). The predicted molar refractivity (Wildman–Crippen MR) is 78.3 cm³/mol. The monoisotopic (exact) mass is 299 g/mol. The van der Waals surface area contributed by atoms with Gasteiger partial charge in [0.25, 0.3) is 0 Å². The minimum atomic E-state index is 0.143. The second-order valence-electron chi connectivity index (χ2n) is 4.21. The van der Waals surface area contributed by atoms with Crippen molar-refractivity contribution in [3.05, 3.63) is 65.4 Å². The van der Waals surface area contributed by atoms with Crippen LogP contribution in [0.5, 0.6) is 11.8 Å². The van der Waals surface area contributed by atoms with E-state index < -0.39 is 0 Å². The summed E-state index contributed by atoms with van der Waals surface area (Å²) in [6, 6.07) is 14.4. The fraction of sp³-hybridized carbons (Fsp3) is 0. The van der Waals surface area contributed by atoms with Gasteiger partial charge in [-0.25, -0.2) is 4.68 Å². The van der Waals surface area contributed by atoms with Crippen LogP contribution < -0.4 is 4.74 Å². The molecule has 0 amide bonds. The SMILES string of the molecule is O=Cc1ccc(Cl)cc1Oc1ncn(-c2ccccc2)n1. The van der Waals surface area contributed by atoms with Crippen LogP contribution in [0.1, 0.15) is 10.4 Å². The standard InChI is InChI=1S/C15H10ClN3O2/c16-12-7-6-11(9-20)14(8-12)21-15-17-10-19(18-15)13-4-2-1-3-5-13/h1-10H. The van der Waals surface area contributed by atoms with Crippen molar-refractivity contribution in [3.63, 3.8) is 0 Å². The average Bonchev–Trinajstić information content (AvgIpc) is 2.97. The van der Waals surface area contributed by atoms with Gasteiger partial charge in [-0.15, -0.1) is 5.10 Å². The summed E-state index contributed by atoms with van der Waals surface area (Å²) in [4.78, 5) is 15.0. The summed E-state index contributed by atoms with van der Waals surface area (Å²) in [7, 11) is 0. The smallest absolute Gasteiger partial charge is 0.341 e. The number of halogens is 1. The minimum Gasteiger partial charge on any atom is -0.422 e. The highest BCUT2D eigenvalue weighted by Gasteiger charge is 2.09. The highest BCUT2D eigenvalue weighted by molar-refractivity contribution is 6.30. The van der Waals surface area contributed by atoms with Gasteiger partial charge >= 0.3 is 6.01 Å². The lowest BCUT2D eigenvalue weighted by Crippen LogP contribution is -1.95. The molecule has 21 heavy (non-hydrogen) atoms. The van der Waals surface area contributed by atoms with E-state index in [4.69, 9.17) is 16.3 Å². The number of hydrogen-bond donors (Lipinski definition) is 0. The van der Waals surface area contributed by atoms with Gasteiger partial charge in [-0.05, 0) is 24.3 Å². The van der Waals surface area contributed by atoms with Crippen molar-refractivity contribution < 1.29 is 9.53 Å². The third kappa shape index (κ3) is 2.93. The van der Waals surface area contributed by atoms with Crippen molar-refractivity contribution in [2.75, 3.05) is 0 Å². The van der Waals surface area contributed by atoms with Crippen LogP contribution in [-0.4, -0.2) is 21.1 Å². The number of aldehydes is 1. The largest absolute Gasteiger partial charge is 0.422 e. The molecule has 1 aromatic heterocycles. The summed E-state index contributed by atoms with van der Waals surface area (Å²) in [5.74, 6) is 0.323. The molecule has 2 aromatic carbocycles. The van der Waals surface area contributed by atoms with E-state index in [0.717, 1.165) is 5.69 Å². The quantitative estimate of drug-likeness (QED) is 0.692. The lowest BCUT2D eigenvalue weighted by Gasteiger charge is -2.04. The molecule has 0 fully saturated rings. The normalized spacial score (nSPS) is 10.3. The van der Waals surface area contributed by atoms with Crippen molar-refractivity contribution in [2.24, 2.45) is 0 Å². The third-order valence-electron chi connectivity index (χ3n) is 2.80. The molecule has 0 radical (unpaired) electrons. The molecule has 0 unspecified atom stereocenters. The summed E-state index contributed by atoms with van der Waals surface area (Å²) >= 11 is 5.90. The molecule has 0 saturated heterocycles. The minimum absolute atomic E-state index is 0.143. The summed E-state index contributed by atoms with van der Waals surface area (Å²) < 4.78 is 7.11. The highest BCUT2D eigenvalue weighted by Crippen LogP contribution is 2.25. The Labute approximate surface area is 125 Å². The van der Waals surface area contributed by atoms with Gasteiger partial charge in [-0.3, -0.25) is 4.79 Å². The van der Waals surface area contributed by atoms with Gasteiger partial charge in [0, 0.05) is 11.1 Å². The van der Waals surface area contributed by atoms with Gasteiger partial charge in [-0.1, -0.05) is 29.8 Å². The molecular formula is C15H10ClN3O2. The Morgan fingerprint density at radius 2 is 1.95 bits per heavy atom. The zero-order valence-electron chi connectivity index (χ0n) is 10.8. The molecule has 104 valence electrons. The molecule has 0 aliphatic carbocycles. The summed E-state index contributed by atoms with van der Waals surface area (Å²) in [6.45, 7) is 0. The van der Waals surface area contributed by atoms with Crippen LogP contribution >= 0.6 is 11.6 Å². The van der Waals surface area contributed by atoms with Gasteiger partial charge in [0.05, 0.1) is 11.3 Å². The molecule has 0 aliphatic heterocycles. The maximum Gasteiger partial charge on any atom is 0.341 e. The highest BCUT2D eigenvalue weighted by atomic mass is 35.5. The van der Waals surface area contributed by atoms with Crippen LogP contribution in [0.25, 0.3) is 5.69 Å². The fourth-order valence-corrected chi connectivity index (χ4v) is 1.95. The first-order valence-corrected chi connectivity index (χ1v) is 6.54. The van der Waals surface area contributed by atoms with Crippen LogP contribution in [0, 0.1) is 0 Å². The molecule has 3 aromatic rings. The molecule has 0 atom stereocenters. The van der Waals surface area contributed by atoms with Crippen LogP contribution in [-0.2, 0) is 0 Å². The van der Waals surface area contributed by atoms with Crippen LogP contribution in [0.15, 0.2) is 54.9 Å². The first-order valence-electron chi connectivity index (χ1n) is 6.16. The van der Waals surface area contributed by atoms with E-state index in [-0.39, 0.29) is 6.01 Å². The summed E-state index contributed by atoms with van der Waals surface area (Å²) in [5, 5.41) is 4.68. The zero-order valence-corrected chi connectivity index (χ0v) is 11.6. The summed E-state index contributed by atoms with van der Waals surface area (Å²) in [6.07, 6.45) is 2.23. The molecule has 5 nitrogen and oxygen atoms in total. The van der Waals surface area contributed by atoms with E-state index in [1.807, 2.05) is 30.3 Å². The van der Waals surface area contributed by atoms with Crippen LogP contribution in [0.4, 0.5) is 0 Å². The number of para-hydroxylation sites is 1. The Balaban J connectivity index is 1.88. The molecule has 0 spiro atoms. The lowest BCUT2D eigenvalue weighted by molar-refractivity contribution is 0.112. The van der Waals surface area contributed by atoms with Gasteiger partial charge in [0.15, 0.2) is 6.29 Å². The van der Waals surface area contributed by atoms with Crippen molar-refractivity contribution in [3.8, 4) is 17.4 Å². The molecule has 0 bridgehead atoms. The Morgan fingerprint density at radius 3 is 2.71 bits per heavy atom. The number of carbonyl (C=O) groups excluding carboxylic acids is 1. The van der Waals surface area contributed by atoms with Gasteiger partial charge in [-0.2, -0.15) is 4.98 Å². The van der Waals surface area contributed by atoms with E-state index >= 15 is 0 Å². The fourth-order valence-electron chi connectivity index (χ4n) is 1.79. The predicted octanol–water partition coefficient (Wildman–Crippen LogP) is 3.53. The van der Waals surface area contributed by atoms with Crippen LogP contribution in [0.3, 0.4) is 0 Å². The topological polar surface area (TPSA) is 57.0 Å².